The highest BCUT2D eigenvalue weighted by Gasteiger charge is 2.10. The fourth-order valence-electron chi connectivity index (χ4n) is 1.76. The van der Waals surface area contributed by atoms with E-state index in [4.69, 9.17) is 5.11 Å². The number of hydrazone groups is 1. The van der Waals surface area contributed by atoms with Crippen LogP contribution in [-0.4, -0.2) is 34.8 Å². The van der Waals surface area contributed by atoms with Crippen LogP contribution >= 0.6 is 15.9 Å². The molecule has 0 spiro atoms. The van der Waals surface area contributed by atoms with E-state index in [1.807, 2.05) is 0 Å². The predicted octanol–water partition coefficient (Wildman–Crippen LogP) is 1.74. The zero-order valence-electron chi connectivity index (χ0n) is 12.4. The highest BCUT2D eigenvalue weighted by molar-refractivity contribution is 9.10. The topological polar surface area (TPSA) is 111 Å². The number of carbonyl (C=O) groups is 2. The maximum Gasteiger partial charge on any atom is 0.259 e. The summed E-state index contributed by atoms with van der Waals surface area (Å²) in [4.78, 5) is 23.6. The van der Waals surface area contributed by atoms with Gasteiger partial charge in [0.2, 0.25) is 0 Å². The van der Waals surface area contributed by atoms with Crippen LogP contribution in [0.4, 0.5) is 0 Å². The van der Waals surface area contributed by atoms with Crippen LogP contribution in [0.15, 0.2) is 52.0 Å². The van der Waals surface area contributed by atoms with Crippen molar-refractivity contribution in [3.8, 4) is 11.5 Å². The highest BCUT2D eigenvalue weighted by atomic mass is 79.9. The third-order valence-electron chi connectivity index (χ3n) is 2.93. The van der Waals surface area contributed by atoms with E-state index >= 15 is 0 Å². The summed E-state index contributed by atoms with van der Waals surface area (Å²) >= 11 is 3.26. The maximum atomic E-state index is 11.9. The van der Waals surface area contributed by atoms with Gasteiger partial charge in [-0.2, -0.15) is 5.10 Å². The monoisotopic (exact) mass is 391 g/mol. The Labute approximate surface area is 146 Å². The molecule has 2 aromatic carbocycles. The van der Waals surface area contributed by atoms with Crippen LogP contribution < -0.4 is 10.7 Å². The molecule has 2 rings (SSSR count). The molecule has 0 radical (unpaired) electrons. The van der Waals surface area contributed by atoms with E-state index in [-0.39, 0.29) is 18.0 Å². The average Bonchev–Trinajstić information content (AvgIpc) is 2.55. The largest absolute Gasteiger partial charge is 0.508 e. The average molecular weight is 392 g/mol. The number of nitrogens with one attached hydrogen (secondary N) is 2. The second-order valence-corrected chi connectivity index (χ2v) is 5.55. The first-order valence-electron chi connectivity index (χ1n) is 6.84. The molecule has 124 valence electrons. The smallest absolute Gasteiger partial charge is 0.259 e. The summed E-state index contributed by atoms with van der Waals surface area (Å²) < 4.78 is 0.628. The summed E-state index contributed by atoms with van der Waals surface area (Å²) in [6.07, 6.45) is 1.22. The Morgan fingerprint density at radius 3 is 2.62 bits per heavy atom. The van der Waals surface area contributed by atoms with Crippen molar-refractivity contribution in [3.05, 3.63) is 58.1 Å². The van der Waals surface area contributed by atoms with Gasteiger partial charge in [0.25, 0.3) is 11.8 Å². The Morgan fingerprint density at radius 1 is 1.17 bits per heavy atom. The van der Waals surface area contributed by atoms with Gasteiger partial charge in [0.05, 0.1) is 18.3 Å². The lowest BCUT2D eigenvalue weighted by atomic mass is 10.2. The lowest BCUT2D eigenvalue weighted by Crippen LogP contribution is -2.35. The minimum absolute atomic E-state index is 0.0801. The van der Waals surface area contributed by atoms with Crippen LogP contribution in [0.1, 0.15) is 15.9 Å². The van der Waals surface area contributed by atoms with Crippen LogP contribution in [-0.2, 0) is 4.79 Å². The van der Waals surface area contributed by atoms with Crippen molar-refractivity contribution in [2.45, 2.75) is 0 Å². The molecule has 7 nitrogen and oxygen atoms in total. The molecule has 0 bridgehead atoms. The SMILES string of the molecule is O=C(CNC(=O)c1ccccc1Br)NN=Cc1ccc(O)cc1O. The summed E-state index contributed by atoms with van der Waals surface area (Å²) in [7, 11) is 0. The second kappa shape index (κ2) is 8.11. The zero-order chi connectivity index (χ0) is 17.5. The van der Waals surface area contributed by atoms with E-state index in [0.29, 0.717) is 15.6 Å². The first kappa shape index (κ1) is 17.5. The number of phenolic OH excluding ortho intramolecular Hbond substituents is 2. The number of phenols is 2. The van der Waals surface area contributed by atoms with E-state index < -0.39 is 11.8 Å². The van der Waals surface area contributed by atoms with Crippen molar-refractivity contribution < 1.29 is 19.8 Å². The lowest BCUT2D eigenvalue weighted by molar-refractivity contribution is -0.120. The van der Waals surface area contributed by atoms with E-state index in [9.17, 15) is 14.7 Å². The number of rotatable bonds is 5. The number of amides is 2. The van der Waals surface area contributed by atoms with Crippen LogP contribution in [0.5, 0.6) is 11.5 Å². The minimum Gasteiger partial charge on any atom is -0.508 e. The van der Waals surface area contributed by atoms with Crippen molar-refractivity contribution in [2.24, 2.45) is 5.10 Å². The highest BCUT2D eigenvalue weighted by Crippen LogP contribution is 2.20. The van der Waals surface area contributed by atoms with Gasteiger partial charge in [0, 0.05) is 16.1 Å². The van der Waals surface area contributed by atoms with Gasteiger partial charge in [0.1, 0.15) is 11.5 Å². The first-order chi connectivity index (χ1) is 11.5. The van der Waals surface area contributed by atoms with Gasteiger partial charge in [-0.3, -0.25) is 9.59 Å². The van der Waals surface area contributed by atoms with Gasteiger partial charge in [-0.05, 0) is 40.2 Å². The Morgan fingerprint density at radius 2 is 1.92 bits per heavy atom. The van der Waals surface area contributed by atoms with E-state index in [2.05, 4.69) is 31.8 Å². The number of aromatic hydroxyl groups is 2. The first-order valence-corrected chi connectivity index (χ1v) is 7.63. The third kappa shape index (κ3) is 4.82. The molecule has 4 N–H and O–H groups in total. The lowest BCUT2D eigenvalue weighted by Gasteiger charge is -2.05. The molecule has 0 unspecified atom stereocenters. The van der Waals surface area contributed by atoms with Crippen molar-refractivity contribution in [3.63, 3.8) is 0 Å². The summed E-state index contributed by atoms with van der Waals surface area (Å²) in [5.74, 6) is -1.17. The van der Waals surface area contributed by atoms with Crippen molar-refractivity contribution in [1.82, 2.24) is 10.7 Å². The second-order valence-electron chi connectivity index (χ2n) is 4.70. The molecule has 0 aromatic heterocycles. The Kier molecular flexibility index (Phi) is 5.91. The normalized spacial score (nSPS) is 10.5. The Balaban J connectivity index is 1.84. The third-order valence-corrected chi connectivity index (χ3v) is 3.63. The van der Waals surface area contributed by atoms with Crippen molar-refractivity contribution in [2.75, 3.05) is 6.54 Å². The zero-order valence-corrected chi connectivity index (χ0v) is 13.9. The van der Waals surface area contributed by atoms with Crippen molar-refractivity contribution >= 4 is 34.0 Å². The molecule has 0 fully saturated rings. The molecule has 8 heteroatoms. The number of halogens is 1. The molecule has 2 aromatic rings. The molecular formula is C16H14BrN3O4. The predicted molar refractivity (Wildman–Crippen MR) is 92.0 cm³/mol. The molecule has 0 aliphatic heterocycles. The maximum absolute atomic E-state index is 11.9. The summed E-state index contributed by atoms with van der Waals surface area (Å²) in [5, 5.41) is 24.9. The molecule has 0 atom stereocenters. The molecular weight excluding hydrogens is 378 g/mol. The molecule has 0 heterocycles. The minimum atomic E-state index is -0.523. The number of hydrogen-bond donors (Lipinski definition) is 4. The van der Waals surface area contributed by atoms with E-state index in [0.717, 1.165) is 6.07 Å². The Bertz CT molecular complexity index is 793. The van der Waals surface area contributed by atoms with Gasteiger partial charge in [-0.25, -0.2) is 5.43 Å². The molecule has 0 aliphatic carbocycles. The van der Waals surface area contributed by atoms with E-state index in [1.54, 1.807) is 24.3 Å². The molecule has 0 saturated carbocycles. The summed E-state index contributed by atoms with van der Waals surface area (Å²) in [5.41, 5.74) is 2.97. The fourth-order valence-corrected chi connectivity index (χ4v) is 2.22. The van der Waals surface area contributed by atoms with Crippen LogP contribution in [0, 0.1) is 0 Å². The van der Waals surface area contributed by atoms with Crippen LogP contribution in [0.3, 0.4) is 0 Å². The van der Waals surface area contributed by atoms with Crippen LogP contribution in [0.25, 0.3) is 0 Å². The van der Waals surface area contributed by atoms with Gasteiger partial charge < -0.3 is 15.5 Å². The molecule has 24 heavy (non-hydrogen) atoms. The number of hydrogen-bond acceptors (Lipinski definition) is 5. The number of carbonyl (C=O) groups excluding carboxylic acids is 2. The van der Waals surface area contributed by atoms with Crippen LogP contribution in [0.2, 0.25) is 0 Å². The van der Waals surface area contributed by atoms with Gasteiger partial charge >= 0.3 is 0 Å². The fraction of sp³-hybridized carbons (Fsp3) is 0.0625. The Hall–Kier alpha value is -2.87. The quantitative estimate of drug-likeness (QED) is 0.459. The van der Waals surface area contributed by atoms with Crippen molar-refractivity contribution in [1.29, 1.82) is 0 Å². The number of nitrogens with zero attached hydrogens (tertiary/aromatic N) is 1. The summed E-state index contributed by atoms with van der Waals surface area (Å²) in [6, 6.07) is 10.8. The van der Waals surface area contributed by atoms with Gasteiger partial charge in [-0.1, -0.05) is 12.1 Å². The molecule has 2 amide bonds. The van der Waals surface area contributed by atoms with Gasteiger partial charge in [-0.15, -0.1) is 0 Å². The standard InChI is InChI=1S/C16H14BrN3O4/c17-13-4-2-1-3-12(13)16(24)18-9-15(23)20-19-8-10-5-6-11(21)7-14(10)22/h1-8,21-22H,9H2,(H,18,24)(H,20,23). The number of benzene rings is 2. The van der Waals surface area contributed by atoms with E-state index in [1.165, 1.54) is 18.3 Å². The summed E-state index contributed by atoms with van der Waals surface area (Å²) in [6.45, 7) is -0.251. The van der Waals surface area contributed by atoms with Gasteiger partial charge in [0.15, 0.2) is 0 Å². The molecule has 0 saturated heterocycles. The molecule has 0 aliphatic rings.